The molecule has 10 heteroatoms. The van der Waals surface area contributed by atoms with Crippen molar-refractivity contribution in [2.45, 2.75) is 78.1 Å². The Morgan fingerprint density at radius 3 is 1.17 bits per heavy atom. The van der Waals surface area contributed by atoms with E-state index in [1.54, 1.807) is 42.7 Å². The second-order valence-electron chi connectivity index (χ2n) is 14.8. The van der Waals surface area contributed by atoms with Crippen LogP contribution in [0.2, 0.25) is 0 Å². The van der Waals surface area contributed by atoms with Crippen molar-refractivity contribution in [2.24, 2.45) is 11.8 Å². The Bertz CT molecular complexity index is 1880. The largest absolute Gasteiger partial charge is 0.495 e. The first-order valence-corrected chi connectivity index (χ1v) is 19.3. The lowest BCUT2D eigenvalue weighted by molar-refractivity contribution is 0.0933. The minimum absolute atomic E-state index is 0.217. The van der Waals surface area contributed by atoms with Crippen molar-refractivity contribution in [3.63, 3.8) is 0 Å². The standard InChI is InChI=1S/C44H56N2O8/c1-25-19-29-31(21-33(49-3)41(53-7)37(29)43(47)45-23-27-15-11-9-12-16-27)39(51-5)35(25)36-26(2)20-30-32(40(36)52-6)22-34(50-4)42(54-8)38(30)44(48)46-24-28-17-13-10-14-18-28/h19-22,27-28H,9-18,23-24H2,1-8H3,(H,45,47)(H,46,48). The number of carbonyl (C=O) groups is 2. The second-order valence-corrected chi connectivity index (χ2v) is 14.8. The number of hydrogen-bond donors (Lipinski definition) is 2. The first-order valence-electron chi connectivity index (χ1n) is 19.3. The number of aryl methyl sites for hydroxylation is 2. The summed E-state index contributed by atoms with van der Waals surface area (Å²) in [7, 11) is 9.49. The van der Waals surface area contributed by atoms with E-state index in [0.717, 1.165) is 47.9 Å². The van der Waals surface area contributed by atoms with E-state index in [0.29, 0.717) is 92.1 Å². The molecule has 2 aliphatic carbocycles. The van der Waals surface area contributed by atoms with Gasteiger partial charge in [0, 0.05) is 45.8 Å². The summed E-state index contributed by atoms with van der Waals surface area (Å²) in [5.41, 5.74) is 4.11. The van der Waals surface area contributed by atoms with Crippen molar-refractivity contribution >= 4 is 33.4 Å². The summed E-state index contributed by atoms with van der Waals surface area (Å²) >= 11 is 0. The summed E-state index contributed by atoms with van der Waals surface area (Å²) in [5, 5.41) is 9.17. The highest BCUT2D eigenvalue weighted by Gasteiger charge is 2.30. The van der Waals surface area contributed by atoms with Crippen molar-refractivity contribution in [2.75, 3.05) is 55.7 Å². The highest BCUT2D eigenvalue weighted by atomic mass is 16.5. The molecule has 0 saturated heterocycles. The average molecular weight is 741 g/mol. The van der Waals surface area contributed by atoms with Gasteiger partial charge in [-0.15, -0.1) is 0 Å². The Morgan fingerprint density at radius 1 is 0.500 bits per heavy atom. The van der Waals surface area contributed by atoms with Crippen LogP contribution in [0.1, 0.15) is 96.1 Å². The van der Waals surface area contributed by atoms with Crippen molar-refractivity contribution in [1.29, 1.82) is 0 Å². The van der Waals surface area contributed by atoms with Crippen LogP contribution in [-0.4, -0.2) is 67.6 Å². The maximum atomic E-state index is 14.1. The summed E-state index contributed by atoms with van der Waals surface area (Å²) in [6.07, 6.45) is 11.7. The Balaban J connectivity index is 1.54. The fraction of sp³-hybridized carbons (Fsp3) is 0.500. The normalized spacial score (nSPS) is 15.2. The zero-order valence-corrected chi connectivity index (χ0v) is 33.2. The van der Waals surface area contributed by atoms with E-state index in [-0.39, 0.29) is 11.8 Å². The van der Waals surface area contributed by atoms with Crippen LogP contribution in [0.5, 0.6) is 34.5 Å². The molecule has 0 unspecified atom stereocenters. The predicted molar refractivity (Wildman–Crippen MR) is 213 cm³/mol. The third-order valence-corrected chi connectivity index (χ3v) is 11.5. The number of carbonyl (C=O) groups excluding carboxylic acids is 2. The number of hydrogen-bond acceptors (Lipinski definition) is 8. The number of methoxy groups -OCH3 is 6. The Labute approximate surface area is 319 Å². The summed E-state index contributed by atoms with van der Waals surface area (Å²) in [5.74, 6) is 3.17. The summed E-state index contributed by atoms with van der Waals surface area (Å²) in [6.45, 7) is 5.22. The van der Waals surface area contributed by atoms with Gasteiger partial charge in [-0.2, -0.15) is 0 Å². The Morgan fingerprint density at radius 2 is 0.852 bits per heavy atom. The van der Waals surface area contributed by atoms with Gasteiger partial charge in [0.05, 0.1) is 53.8 Å². The van der Waals surface area contributed by atoms with Gasteiger partial charge in [0.15, 0.2) is 23.0 Å². The maximum Gasteiger partial charge on any atom is 0.255 e. The smallest absolute Gasteiger partial charge is 0.255 e. The molecule has 4 aromatic carbocycles. The van der Waals surface area contributed by atoms with Gasteiger partial charge in [-0.25, -0.2) is 0 Å². The third kappa shape index (κ3) is 7.31. The van der Waals surface area contributed by atoms with E-state index in [4.69, 9.17) is 28.4 Å². The molecule has 0 spiro atoms. The third-order valence-electron chi connectivity index (χ3n) is 11.5. The molecule has 0 radical (unpaired) electrons. The van der Waals surface area contributed by atoms with Gasteiger partial charge in [-0.05, 0) is 86.8 Å². The minimum Gasteiger partial charge on any atom is -0.495 e. The number of ether oxygens (including phenoxy) is 6. The summed E-state index contributed by atoms with van der Waals surface area (Å²) < 4.78 is 35.9. The van der Waals surface area contributed by atoms with Gasteiger partial charge in [-0.1, -0.05) is 38.5 Å². The van der Waals surface area contributed by atoms with E-state index in [1.807, 2.05) is 38.1 Å². The van der Waals surface area contributed by atoms with Gasteiger partial charge >= 0.3 is 0 Å². The maximum absolute atomic E-state index is 14.1. The van der Waals surface area contributed by atoms with E-state index in [1.165, 1.54) is 38.5 Å². The van der Waals surface area contributed by atoms with Gasteiger partial charge in [0.25, 0.3) is 11.8 Å². The van der Waals surface area contributed by atoms with Crippen molar-refractivity contribution in [3.8, 4) is 45.6 Å². The molecule has 54 heavy (non-hydrogen) atoms. The molecule has 0 aromatic heterocycles. The van der Waals surface area contributed by atoms with Crippen LogP contribution in [0, 0.1) is 25.7 Å². The molecule has 2 N–H and O–H groups in total. The number of benzene rings is 4. The molecule has 2 saturated carbocycles. The number of nitrogens with one attached hydrogen (secondary N) is 2. The van der Waals surface area contributed by atoms with Crippen LogP contribution in [0.25, 0.3) is 32.7 Å². The van der Waals surface area contributed by atoms with Crippen LogP contribution in [0.4, 0.5) is 0 Å². The SMILES string of the molecule is COc1cc2c(OC)c(-c3c(C)cc4c(C(=O)NCC5CCCCC5)c(OC)c(OC)cc4c3OC)c(C)cc2c(C(=O)NCC2CCCCC2)c1OC. The number of amides is 2. The molecule has 6 rings (SSSR count). The molecule has 2 amide bonds. The Hall–Kier alpha value is -4.86. The van der Waals surface area contributed by atoms with Crippen LogP contribution < -0.4 is 39.1 Å². The number of fused-ring (bicyclic) bond motifs is 2. The molecule has 4 aromatic rings. The van der Waals surface area contributed by atoms with E-state index in [9.17, 15) is 9.59 Å². The summed E-state index contributed by atoms with van der Waals surface area (Å²) in [6, 6.07) is 7.73. The van der Waals surface area contributed by atoms with E-state index < -0.39 is 0 Å². The lowest BCUT2D eigenvalue weighted by Gasteiger charge is -2.25. The Kier molecular flexibility index (Phi) is 12.3. The molecule has 0 aliphatic heterocycles. The van der Waals surface area contributed by atoms with Crippen LogP contribution in [0.15, 0.2) is 24.3 Å². The quantitative estimate of drug-likeness (QED) is 0.140. The lowest BCUT2D eigenvalue weighted by Crippen LogP contribution is -2.30. The molecule has 0 bridgehead atoms. The first-order chi connectivity index (χ1) is 26.2. The molecule has 0 atom stereocenters. The topological polar surface area (TPSA) is 114 Å². The van der Waals surface area contributed by atoms with Crippen LogP contribution in [-0.2, 0) is 0 Å². The van der Waals surface area contributed by atoms with Crippen molar-refractivity contribution in [3.05, 3.63) is 46.5 Å². The van der Waals surface area contributed by atoms with Gasteiger partial charge in [0.1, 0.15) is 11.5 Å². The zero-order chi connectivity index (χ0) is 38.5. The highest BCUT2D eigenvalue weighted by Crippen LogP contribution is 2.52. The monoisotopic (exact) mass is 740 g/mol. The highest BCUT2D eigenvalue weighted by molar-refractivity contribution is 6.16. The first kappa shape index (κ1) is 38.9. The summed E-state index contributed by atoms with van der Waals surface area (Å²) in [4.78, 5) is 28.2. The van der Waals surface area contributed by atoms with Crippen molar-refractivity contribution in [1.82, 2.24) is 10.6 Å². The fourth-order valence-corrected chi connectivity index (χ4v) is 8.83. The minimum atomic E-state index is -0.217. The van der Waals surface area contributed by atoms with Gasteiger partial charge < -0.3 is 39.1 Å². The zero-order valence-electron chi connectivity index (χ0n) is 33.2. The molecule has 290 valence electrons. The van der Waals surface area contributed by atoms with Gasteiger partial charge in [-0.3, -0.25) is 9.59 Å². The average Bonchev–Trinajstić information content (AvgIpc) is 3.20. The van der Waals surface area contributed by atoms with E-state index in [2.05, 4.69) is 10.6 Å². The predicted octanol–water partition coefficient (Wildman–Crippen LogP) is 8.95. The van der Waals surface area contributed by atoms with Gasteiger partial charge in [0.2, 0.25) is 0 Å². The molecular weight excluding hydrogens is 684 g/mol. The van der Waals surface area contributed by atoms with Crippen molar-refractivity contribution < 1.29 is 38.0 Å². The fourth-order valence-electron chi connectivity index (χ4n) is 8.83. The lowest BCUT2D eigenvalue weighted by atomic mass is 9.86. The van der Waals surface area contributed by atoms with Crippen LogP contribution in [0.3, 0.4) is 0 Å². The molecule has 0 heterocycles. The molecular formula is C44H56N2O8. The molecule has 2 aliphatic rings. The second kappa shape index (κ2) is 17.1. The van der Waals surface area contributed by atoms with E-state index >= 15 is 0 Å². The molecule has 2 fully saturated rings. The molecule has 10 nitrogen and oxygen atoms in total. The van der Waals surface area contributed by atoms with Crippen LogP contribution >= 0.6 is 0 Å². The number of rotatable bonds is 13.